The van der Waals surface area contributed by atoms with Gasteiger partial charge < -0.3 is 4.98 Å². The molecule has 4 nitrogen and oxygen atoms in total. The molecule has 1 heterocycles. The number of hydrogen-bond acceptors (Lipinski definition) is 2. The van der Waals surface area contributed by atoms with Gasteiger partial charge in [-0.15, -0.1) is 0 Å². The SMILES string of the molecule is CC(C)Cn1c(=O)[nH]c2cc(Br)ccc2c1=O. The average Bonchev–Trinajstić information content (AvgIpc) is 2.23. The predicted molar refractivity (Wildman–Crippen MR) is 71.4 cm³/mol. The molecule has 0 bridgehead atoms. The molecule has 90 valence electrons. The molecule has 1 N–H and O–H groups in total. The number of aromatic nitrogens is 2. The Morgan fingerprint density at radius 1 is 1.35 bits per heavy atom. The van der Waals surface area contributed by atoms with Crippen molar-refractivity contribution in [3.8, 4) is 0 Å². The first-order valence-electron chi connectivity index (χ1n) is 5.41. The third-order valence-electron chi connectivity index (χ3n) is 2.49. The summed E-state index contributed by atoms with van der Waals surface area (Å²) in [5, 5.41) is 0.536. The maximum Gasteiger partial charge on any atom is 0.328 e. The van der Waals surface area contributed by atoms with Crippen LogP contribution in [0.2, 0.25) is 0 Å². The third kappa shape index (κ3) is 2.34. The molecule has 0 saturated heterocycles. The van der Waals surface area contributed by atoms with E-state index in [4.69, 9.17) is 0 Å². The molecule has 0 saturated carbocycles. The van der Waals surface area contributed by atoms with E-state index in [0.29, 0.717) is 17.4 Å². The van der Waals surface area contributed by atoms with E-state index in [1.165, 1.54) is 4.57 Å². The summed E-state index contributed by atoms with van der Waals surface area (Å²) in [7, 11) is 0. The van der Waals surface area contributed by atoms with Crippen molar-refractivity contribution in [1.29, 1.82) is 0 Å². The molecule has 0 radical (unpaired) electrons. The second-order valence-corrected chi connectivity index (χ2v) is 5.35. The van der Waals surface area contributed by atoms with Crippen LogP contribution < -0.4 is 11.2 Å². The van der Waals surface area contributed by atoms with E-state index in [9.17, 15) is 9.59 Å². The van der Waals surface area contributed by atoms with Crippen LogP contribution in [0.15, 0.2) is 32.3 Å². The maximum absolute atomic E-state index is 12.1. The molecular formula is C12H13BrN2O2. The van der Waals surface area contributed by atoms with E-state index in [0.717, 1.165) is 4.47 Å². The first-order chi connectivity index (χ1) is 7.99. The number of fused-ring (bicyclic) bond motifs is 1. The van der Waals surface area contributed by atoms with Gasteiger partial charge in [-0.3, -0.25) is 9.36 Å². The molecule has 0 aliphatic rings. The van der Waals surface area contributed by atoms with Crippen LogP contribution in [0.1, 0.15) is 13.8 Å². The molecular weight excluding hydrogens is 284 g/mol. The van der Waals surface area contributed by atoms with Gasteiger partial charge in [0.1, 0.15) is 0 Å². The highest BCUT2D eigenvalue weighted by Crippen LogP contribution is 2.14. The first kappa shape index (κ1) is 12.1. The van der Waals surface area contributed by atoms with Crippen LogP contribution in [0.4, 0.5) is 0 Å². The minimum Gasteiger partial charge on any atom is -0.307 e. The minimum absolute atomic E-state index is 0.232. The second-order valence-electron chi connectivity index (χ2n) is 4.43. The summed E-state index contributed by atoms with van der Waals surface area (Å²) in [6.07, 6.45) is 0. The number of rotatable bonds is 2. The van der Waals surface area contributed by atoms with Crippen LogP contribution >= 0.6 is 15.9 Å². The van der Waals surface area contributed by atoms with Crippen LogP contribution in [0.3, 0.4) is 0 Å². The average molecular weight is 297 g/mol. The molecule has 2 aromatic rings. The van der Waals surface area contributed by atoms with Crippen LogP contribution in [0.25, 0.3) is 10.9 Å². The topological polar surface area (TPSA) is 54.9 Å². The van der Waals surface area contributed by atoms with Crippen molar-refractivity contribution in [2.24, 2.45) is 5.92 Å². The maximum atomic E-state index is 12.1. The molecule has 0 aliphatic carbocycles. The molecule has 5 heteroatoms. The van der Waals surface area contributed by atoms with Gasteiger partial charge in [-0.2, -0.15) is 0 Å². The Bertz CT molecular complexity index is 670. The van der Waals surface area contributed by atoms with Crippen LogP contribution in [-0.2, 0) is 6.54 Å². The summed E-state index contributed by atoms with van der Waals surface area (Å²) >= 11 is 3.31. The summed E-state index contributed by atoms with van der Waals surface area (Å²) < 4.78 is 2.09. The van der Waals surface area contributed by atoms with Crippen molar-refractivity contribution in [2.45, 2.75) is 20.4 Å². The smallest absolute Gasteiger partial charge is 0.307 e. The molecule has 2 rings (SSSR count). The highest BCUT2D eigenvalue weighted by atomic mass is 79.9. The van der Waals surface area contributed by atoms with Gasteiger partial charge in [-0.05, 0) is 24.1 Å². The lowest BCUT2D eigenvalue weighted by molar-refractivity contribution is 0.496. The van der Waals surface area contributed by atoms with Gasteiger partial charge in [0.15, 0.2) is 0 Å². The fraction of sp³-hybridized carbons (Fsp3) is 0.333. The molecule has 1 aromatic heterocycles. The Balaban J connectivity index is 2.77. The number of hydrogen-bond donors (Lipinski definition) is 1. The number of benzene rings is 1. The Labute approximate surface area is 106 Å². The van der Waals surface area contributed by atoms with E-state index in [2.05, 4.69) is 20.9 Å². The van der Waals surface area contributed by atoms with Gasteiger partial charge in [0.2, 0.25) is 0 Å². The van der Waals surface area contributed by atoms with Crippen LogP contribution in [0, 0.1) is 5.92 Å². The summed E-state index contributed by atoms with van der Waals surface area (Å²) in [6.45, 7) is 4.37. The number of aromatic amines is 1. The lowest BCUT2D eigenvalue weighted by Crippen LogP contribution is -2.36. The normalized spacial score (nSPS) is 11.3. The minimum atomic E-state index is -0.352. The molecule has 0 spiro atoms. The van der Waals surface area contributed by atoms with Gasteiger partial charge >= 0.3 is 5.69 Å². The fourth-order valence-electron chi connectivity index (χ4n) is 1.76. The Morgan fingerprint density at radius 2 is 2.06 bits per heavy atom. The lowest BCUT2D eigenvalue weighted by Gasteiger charge is -2.08. The van der Waals surface area contributed by atoms with Gasteiger partial charge in [-0.25, -0.2) is 4.79 Å². The van der Waals surface area contributed by atoms with Crippen molar-refractivity contribution in [1.82, 2.24) is 9.55 Å². The highest BCUT2D eigenvalue weighted by Gasteiger charge is 2.08. The van der Waals surface area contributed by atoms with E-state index >= 15 is 0 Å². The van der Waals surface area contributed by atoms with Crippen molar-refractivity contribution in [2.75, 3.05) is 0 Å². The Hall–Kier alpha value is -1.36. The monoisotopic (exact) mass is 296 g/mol. The molecule has 0 atom stereocenters. The lowest BCUT2D eigenvalue weighted by atomic mass is 10.2. The molecule has 0 amide bonds. The van der Waals surface area contributed by atoms with Crippen LogP contribution in [0.5, 0.6) is 0 Å². The molecule has 0 fully saturated rings. The number of nitrogens with zero attached hydrogens (tertiary/aromatic N) is 1. The molecule has 17 heavy (non-hydrogen) atoms. The Kier molecular flexibility index (Phi) is 3.19. The van der Waals surface area contributed by atoms with E-state index in [1.807, 2.05) is 13.8 Å². The predicted octanol–water partition coefficient (Wildman–Crippen LogP) is 2.11. The molecule has 1 aromatic carbocycles. The van der Waals surface area contributed by atoms with Crippen molar-refractivity contribution < 1.29 is 0 Å². The van der Waals surface area contributed by atoms with E-state index in [-0.39, 0.29) is 17.2 Å². The highest BCUT2D eigenvalue weighted by molar-refractivity contribution is 9.10. The second kappa shape index (κ2) is 4.49. The van der Waals surface area contributed by atoms with E-state index in [1.54, 1.807) is 18.2 Å². The Morgan fingerprint density at radius 3 is 2.71 bits per heavy atom. The molecule has 0 unspecified atom stereocenters. The zero-order valence-corrected chi connectivity index (χ0v) is 11.2. The summed E-state index contributed by atoms with van der Waals surface area (Å²) in [5.41, 5.74) is -0.0198. The largest absolute Gasteiger partial charge is 0.328 e. The molecule has 0 aliphatic heterocycles. The standard InChI is InChI=1S/C12H13BrN2O2/c1-7(2)6-15-11(16)9-4-3-8(13)5-10(9)14-12(15)17/h3-5,7H,6H2,1-2H3,(H,14,17). The van der Waals surface area contributed by atoms with Crippen LogP contribution in [-0.4, -0.2) is 9.55 Å². The quantitative estimate of drug-likeness (QED) is 0.923. The van der Waals surface area contributed by atoms with Gasteiger partial charge in [0.05, 0.1) is 10.9 Å². The summed E-state index contributed by atoms with van der Waals surface area (Å²) in [4.78, 5) is 26.6. The summed E-state index contributed by atoms with van der Waals surface area (Å²) in [5.74, 6) is 0.252. The van der Waals surface area contributed by atoms with Crippen molar-refractivity contribution in [3.63, 3.8) is 0 Å². The third-order valence-corrected chi connectivity index (χ3v) is 2.98. The fourth-order valence-corrected chi connectivity index (χ4v) is 2.12. The van der Waals surface area contributed by atoms with Gasteiger partial charge in [0.25, 0.3) is 5.56 Å². The van der Waals surface area contributed by atoms with Crippen molar-refractivity contribution in [3.05, 3.63) is 43.5 Å². The zero-order valence-electron chi connectivity index (χ0n) is 9.66. The van der Waals surface area contributed by atoms with Gasteiger partial charge in [-0.1, -0.05) is 29.8 Å². The van der Waals surface area contributed by atoms with Crippen molar-refractivity contribution >= 4 is 26.8 Å². The van der Waals surface area contributed by atoms with E-state index < -0.39 is 0 Å². The first-order valence-corrected chi connectivity index (χ1v) is 6.20. The zero-order chi connectivity index (χ0) is 12.6. The number of H-pyrrole nitrogens is 1. The summed E-state index contributed by atoms with van der Waals surface area (Å²) in [6, 6.07) is 5.24. The number of nitrogens with one attached hydrogen (secondary N) is 1. The van der Waals surface area contributed by atoms with Gasteiger partial charge in [0, 0.05) is 11.0 Å². The number of halogens is 1.